The molecular formula is C8H18N2OS. The fraction of sp³-hybridized carbons (Fsp3) is 0.875. The Balaban J connectivity index is 3.21. The maximum Gasteiger partial charge on any atom is 0.0740 e. The highest BCUT2D eigenvalue weighted by Gasteiger charge is 1.98. The van der Waals surface area contributed by atoms with Crippen molar-refractivity contribution in [2.24, 2.45) is 5.73 Å². The molecule has 72 valence electrons. The molecule has 0 aromatic carbocycles. The van der Waals surface area contributed by atoms with Crippen LogP contribution in [0.25, 0.3) is 0 Å². The molecule has 0 aromatic heterocycles. The predicted octanol–water partition coefficient (Wildman–Crippen LogP) is 0.631. The van der Waals surface area contributed by atoms with Crippen molar-refractivity contribution in [2.75, 3.05) is 33.9 Å². The van der Waals surface area contributed by atoms with Crippen molar-refractivity contribution in [3.05, 3.63) is 0 Å². The van der Waals surface area contributed by atoms with Crippen LogP contribution in [-0.2, 0) is 4.74 Å². The molecule has 0 bridgehead atoms. The first kappa shape index (κ1) is 11.8. The first-order valence-corrected chi connectivity index (χ1v) is 4.53. The van der Waals surface area contributed by atoms with Gasteiger partial charge in [0.1, 0.15) is 0 Å². The molecule has 0 aliphatic carbocycles. The van der Waals surface area contributed by atoms with Crippen LogP contribution in [0, 0.1) is 0 Å². The summed E-state index contributed by atoms with van der Waals surface area (Å²) in [7, 11) is 3.78. The van der Waals surface area contributed by atoms with Crippen LogP contribution in [0.1, 0.15) is 12.8 Å². The van der Waals surface area contributed by atoms with Crippen LogP contribution >= 0.6 is 12.2 Å². The maximum atomic E-state index is 5.38. The van der Waals surface area contributed by atoms with E-state index in [0.29, 0.717) is 4.99 Å². The van der Waals surface area contributed by atoms with Crippen LogP contribution in [0.15, 0.2) is 0 Å². The van der Waals surface area contributed by atoms with E-state index >= 15 is 0 Å². The number of hydrogen-bond donors (Lipinski definition) is 1. The average Bonchev–Trinajstić information content (AvgIpc) is 2.01. The molecule has 12 heavy (non-hydrogen) atoms. The summed E-state index contributed by atoms with van der Waals surface area (Å²) in [4.78, 5) is 2.80. The van der Waals surface area contributed by atoms with Crippen LogP contribution in [0.2, 0.25) is 0 Å². The molecule has 0 saturated heterocycles. The van der Waals surface area contributed by atoms with Gasteiger partial charge in [0.25, 0.3) is 0 Å². The lowest BCUT2D eigenvalue weighted by Crippen LogP contribution is -2.25. The number of hydrogen-bond acceptors (Lipinski definition) is 3. The average molecular weight is 190 g/mol. The van der Waals surface area contributed by atoms with E-state index in [2.05, 4.69) is 11.9 Å². The van der Waals surface area contributed by atoms with Gasteiger partial charge in [-0.1, -0.05) is 12.2 Å². The molecule has 0 heterocycles. The maximum absolute atomic E-state index is 5.38. The molecule has 0 aliphatic heterocycles. The Kier molecular flexibility index (Phi) is 7.34. The van der Waals surface area contributed by atoms with E-state index in [1.165, 1.54) is 0 Å². The zero-order chi connectivity index (χ0) is 9.40. The largest absolute Gasteiger partial charge is 0.393 e. The summed E-state index contributed by atoms with van der Waals surface area (Å²) in [6, 6.07) is 0. The lowest BCUT2D eigenvalue weighted by molar-refractivity contribution is 0.180. The lowest BCUT2D eigenvalue weighted by atomic mass is 10.3. The van der Waals surface area contributed by atoms with Gasteiger partial charge >= 0.3 is 0 Å². The minimum atomic E-state index is 0.591. The second-order valence-corrected chi connectivity index (χ2v) is 3.39. The number of nitrogens with two attached hydrogens (primary N) is 1. The monoisotopic (exact) mass is 190 g/mol. The smallest absolute Gasteiger partial charge is 0.0740 e. The standard InChI is InChI=1S/C8H18N2OS/c1-10(5-3-7-11-2)6-4-8(9)12/h3-7H2,1-2H3,(H2,9,12). The molecule has 0 amide bonds. The van der Waals surface area contributed by atoms with Crippen LogP contribution in [0.5, 0.6) is 0 Å². The van der Waals surface area contributed by atoms with Crippen molar-refractivity contribution in [1.82, 2.24) is 4.90 Å². The zero-order valence-electron chi connectivity index (χ0n) is 7.88. The van der Waals surface area contributed by atoms with Gasteiger partial charge in [-0.05, 0) is 13.5 Å². The number of ether oxygens (including phenoxy) is 1. The van der Waals surface area contributed by atoms with E-state index in [1.807, 2.05) is 0 Å². The van der Waals surface area contributed by atoms with Crippen LogP contribution in [-0.4, -0.2) is 43.7 Å². The molecule has 0 unspecified atom stereocenters. The number of methoxy groups -OCH3 is 1. The van der Waals surface area contributed by atoms with E-state index in [4.69, 9.17) is 22.7 Å². The summed E-state index contributed by atoms with van der Waals surface area (Å²) < 4.78 is 4.94. The highest BCUT2D eigenvalue weighted by molar-refractivity contribution is 7.80. The van der Waals surface area contributed by atoms with Gasteiger partial charge in [0.15, 0.2) is 0 Å². The van der Waals surface area contributed by atoms with Gasteiger partial charge in [0.05, 0.1) is 4.99 Å². The van der Waals surface area contributed by atoms with Crippen molar-refractivity contribution in [2.45, 2.75) is 12.8 Å². The van der Waals surface area contributed by atoms with Gasteiger partial charge in [-0.25, -0.2) is 0 Å². The Labute approximate surface area is 79.9 Å². The second-order valence-electron chi connectivity index (χ2n) is 2.87. The Morgan fingerprint density at radius 2 is 2.17 bits per heavy atom. The van der Waals surface area contributed by atoms with Gasteiger partial charge in [0, 0.05) is 33.2 Å². The van der Waals surface area contributed by atoms with Crippen molar-refractivity contribution in [3.8, 4) is 0 Å². The van der Waals surface area contributed by atoms with E-state index in [-0.39, 0.29) is 0 Å². The second kappa shape index (κ2) is 7.46. The Morgan fingerprint density at radius 1 is 1.50 bits per heavy atom. The van der Waals surface area contributed by atoms with E-state index in [1.54, 1.807) is 7.11 Å². The van der Waals surface area contributed by atoms with Crippen LogP contribution in [0.3, 0.4) is 0 Å². The SMILES string of the molecule is COCCCN(C)CCC(N)=S. The fourth-order valence-electron chi connectivity index (χ4n) is 0.892. The third kappa shape index (κ3) is 7.91. The first-order valence-electron chi connectivity index (χ1n) is 4.12. The molecule has 2 N–H and O–H groups in total. The highest BCUT2D eigenvalue weighted by Crippen LogP contribution is 1.90. The molecule has 0 rings (SSSR count). The summed E-state index contributed by atoms with van der Waals surface area (Å²) >= 11 is 4.78. The fourth-order valence-corrected chi connectivity index (χ4v) is 0.983. The van der Waals surface area contributed by atoms with Gasteiger partial charge in [-0.15, -0.1) is 0 Å². The molecule has 0 saturated carbocycles. The van der Waals surface area contributed by atoms with Crippen molar-refractivity contribution < 1.29 is 4.74 Å². The highest BCUT2D eigenvalue weighted by atomic mass is 32.1. The molecule has 0 aliphatic rings. The normalized spacial score (nSPS) is 10.6. The molecule has 0 radical (unpaired) electrons. The van der Waals surface area contributed by atoms with Crippen LogP contribution in [0.4, 0.5) is 0 Å². The molecular weight excluding hydrogens is 172 g/mol. The number of rotatable bonds is 7. The minimum absolute atomic E-state index is 0.591. The summed E-state index contributed by atoms with van der Waals surface area (Å²) in [6.45, 7) is 2.80. The third-order valence-corrected chi connectivity index (χ3v) is 1.83. The van der Waals surface area contributed by atoms with Crippen molar-refractivity contribution in [1.29, 1.82) is 0 Å². The van der Waals surface area contributed by atoms with E-state index in [0.717, 1.165) is 32.5 Å². The quantitative estimate of drug-likeness (QED) is 0.472. The Morgan fingerprint density at radius 3 is 2.67 bits per heavy atom. The predicted molar refractivity (Wildman–Crippen MR) is 55.4 cm³/mol. The van der Waals surface area contributed by atoms with Crippen molar-refractivity contribution in [3.63, 3.8) is 0 Å². The van der Waals surface area contributed by atoms with E-state index < -0.39 is 0 Å². The molecule has 3 nitrogen and oxygen atoms in total. The van der Waals surface area contributed by atoms with Gasteiger partial charge in [0.2, 0.25) is 0 Å². The van der Waals surface area contributed by atoms with Gasteiger partial charge in [-0.3, -0.25) is 0 Å². The summed E-state index contributed by atoms with van der Waals surface area (Å²) in [5.74, 6) is 0. The molecule has 0 spiro atoms. The molecule has 0 fully saturated rings. The van der Waals surface area contributed by atoms with Gasteiger partial charge < -0.3 is 15.4 Å². The molecule has 4 heteroatoms. The van der Waals surface area contributed by atoms with Crippen molar-refractivity contribution >= 4 is 17.2 Å². The Hall–Kier alpha value is -0.190. The molecule has 0 atom stereocenters. The van der Waals surface area contributed by atoms with E-state index in [9.17, 15) is 0 Å². The summed E-state index contributed by atoms with van der Waals surface area (Å²) in [5.41, 5.74) is 5.38. The summed E-state index contributed by atoms with van der Waals surface area (Å²) in [5, 5.41) is 0. The summed E-state index contributed by atoms with van der Waals surface area (Å²) in [6.07, 6.45) is 1.86. The third-order valence-electron chi connectivity index (χ3n) is 1.63. The number of nitrogens with zero attached hydrogens (tertiary/aromatic N) is 1. The Bertz CT molecular complexity index is 130. The zero-order valence-corrected chi connectivity index (χ0v) is 8.69. The molecule has 0 aromatic rings. The lowest BCUT2D eigenvalue weighted by Gasteiger charge is -2.15. The van der Waals surface area contributed by atoms with Crippen LogP contribution < -0.4 is 5.73 Å². The number of thiocarbonyl (C=S) groups is 1. The van der Waals surface area contributed by atoms with Gasteiger partial charge in [-0.2, -0.15) is 0 Å². The minimum Gasteiger partial charge on any atom is -0.393 e. The topological polar surface area (TPSA) is 38.5 Å². The first-order chi connectivity index (χ1) is 5.66.